The summed E-state index contributed by atoms with van der Waals surface area (Å²) in [6, 6.07) is 7.50. The van der Waals surface area contributed by atoms with Crippen LogP contribution in [-0.4, -0.2) is 6.10 Å². The molecule has 0 saturated heterocycles. The van der Waals surface area contributed by atoms with Crippen LogP contribution in [0.4, 0.5) is 5.69 Å². The van der Waals surface area contributed by atoms with E-state index in [2.05, 4.69) is 0 Å². The highest BCUT2D eigenvalue weighted by molar-refractivity contribution is 5.85. The maximum atomic E-state index is 5.64. The van der Waals surface area contributed by atoms with E-state index in [4.69, 9.17) is 10.5 Å². The van der Waals surface area contributed by atoms with Crippen LogP contribution in [0.3, 0.4) is 0 Å². The van der Waals surface area contributed by atoms with Crippen LogP contribution < -0.4 is 10.5 Å². The van der Waals surface area contributed by atoms with Crippen LogP contribution in [0.5, 0.6) is 5.75 Å². The standard InChI is InChI=1S/C9H13NO.ClH/c1-7(2)11-9-6-4-3-5-8(9)10;/h3-7H,10H2,1-2H3;1H. The Labute approximate surface area is 79.1 Å². The highest BCUT2D eigenvalue weighted by Crippen LogP contribution is 2.20. The van der Waals surface area contributed by atoms with Crippen LogP contribution in [0.15, 0.2) is 24.3 Å². The smallest absolute Gasteiger partial charge is 0.142 e. The lowest BCUT2D eigenvalue weighted by Crippen LogP contribution is -2.06. The number of benzene rings is 1. The molecule has 2 N–H and O–H groups in total. The number of nitrogen functional groups attached to an aromatic ring is 1. The molecule has 1 aromatic rings. The van der Waals surface area contributed by atoms with E-state index in [0.29, 0.717) is 5.69 Å². The van der Waals surface area contributed by atoms with E-state index in [0.717, 1.165) is 5.75 Å². The first-order valence-corrected chi connectivity index (χ1v) is 3.71. The minimum absolute atomic E-state index is 0. The highest BCUT2D eigenvalue weighted by Gasteiger charge is 1.99. The minimum atomic E-state index is 0. The van der Waals surface area contributed by atoms with Crippen molar-refractivity contribution in [3.05, 3.63) is 24.3 Å². The predicted octanol–water partition coefficient (Wildman–Crippen LogP) is 2.48. The van der Waals surface area contributed by atoms with Crippen LogP contribution in [0.2, 0.25) is 0 Å². The van der Waals surface area contributed by atoms with Crippen molar-refractivity contribution in [2.24, 2.45) is 0 Å². The topological polar surface area (TPSA) is 35.2 Å². The summed E-state index contributed by atoms with van der Waals surface area (Å²) in [5.41, 5.74) is 6.34. The third-order valence-electron chi connectivity index (χ3n) is 1.28. The van der Waals surface area contributed by atoms with E-state index < -0.39 is 0 Å². The molecule has 0 atom stereocenters. The first kappa shape index (κ1) is 11.1. The van der Waals surface area contributed by atoms with Gasteiger partial charge in [-0.05, 0) is 26.0 Å². The van der Waals surface area contributed by atoms with Crippen molar-refractivity contribution in [1.82, 2.24) is 0 Å². The van der Waals surface area contributed by atoms with Gasteiger partial charge in [-0.15, -0.1) is 12.4 Å². The highest BCUT2D eigenvalue weighted by atomic mass is 35.5. The van der Waals surface area contributed by atoms with Gasteiger partial charge in [-0.2, -0.15) is 0 Å². The zero-order valence-corrected chi connectivity index (χ0v) is 8.10. The molecule has 0 radical (unpaired) electrons. The SMILES string of the molecule is CC(C)Oc1ccccc1N.Cl. The average Bonchev–Trinajstić information content (AvgIpc) is 1.93. The average molecular weight is 188 g/mol. The lowest BCUT2D eigenvalue weighted by Gasteiger charge is -2.10. The van der Waals surface area contributed by atoms with Crippen molar-refractivity contribution in [2.75, 3.05) is 5.73 Å². The number of rotatable bonds is 2. The van der Waals surface area contributed by atoms with Gasteiger partial charge < -0.3 is 10.5 Å². The second-order valence-electron chi connectivity index (χ2n) is 2.70. The van der Waals surface area contributed by atoms with Gasteiger partial charge in [0, 0.05) is 0 Å². The molecule has 0 aliphatic heterocycles. The van der Waals surface area contributed by atoms with Crippen LogP contribution in [0.25, 0.3) is 0 Å². The van der Waals surface area contributed by atoms with Gasteiger partial charge in [0.25, 0.3) is 0 Å². The van der Waals surface area contributed by atoms with Gasteiger partial charge in [-0.25, -0.2) is 0 Å². The first-order valence-electron chi connectivity index (χ1n) is 3.71. The maximum Gasteiger partial charge on any atom is 0.142 e. The van der Waals surface area contributed by atoms with Crippen LogP contribution in [-0.2, 0) is 0 Å². The third kappa shape index (κ3) is 3.01. The molecule has 0 aliphatic carbocycles. The molecule has 0 aromatic heterocycles. The Morgan fingerprint density at radius 1 is 1.25 bits per heavy atom. The van der Waals surface area contributed by atoms with Gasteiger partial charge in [0.1, 0.15) is 5.75 Å². The zero-order valence-electron chi connectivity index (χ0n) is 7.28. The number of nitrogens with two attached hydrogens (primary N) is 1. The molecule has 3 heteroatoms. The lowest BCUT2D eigenvalue weighted by molar-refractivity contribution is 0.244. The molecule has 0 fully saturated rings. The summed E-state index contributed by atoms with van der Waals surface area (Å²) < 4.78 is 5.42. The molecule has 12 heavy (non-hydrogen) atoms. The summed E-state index contributed by atoms with van der Waals surface area (Å²) >= 11 is 0. The fourth-order valence-electron chi connectivity index (χ4n) is 0.842. The number of anilines is 1. The second kappa shape index (κ2) is 4.88. The van der Waals surface area contributed by atoms with E-state index >= 15 is 0 Å². The van der Waals surface area contributed by atoms with Gasteiger partial charge in [0.05, 0.1) is 11.8 Å². The summed E-state index contributed by atoms with van der Waals surface area (Å²) in [4.78, 5) is 0. The summed E-state index contributed by atoms with van der Waals surface area (Å²) in [6.07, 6.45) is 0.180. The second-order valence-corrected chi connectivity index (χ2v) is 2.70. The van der Waals surface area contributed by atoms with E-state index in [9.17, 15) is 0 Å². The molecule has 68 valence electrons. The van der Waals surface area contributed by atoms with Gasteiger partial charge in [0.2, 0.25) is 0 Å². The minimum Gasteiger partial charge on any atom is -0.489 e. The van der Waals surface area contributed by atoms with Crippen molar-refractivity contribution in [3.8, 4) is 5.75 Å². The largest absolute Gasteiger partial charge is 0.489 e. The van der Waals surface area contributed by atoms with Crippen molar-refractivity contribution >= 4 is 18.1 Å². The van der Waals surface area contributed by atoms with Crippen molar-refractivity contribution in [1.29, 1.82) is 0 Å². The summed E-state index contributed by atoms with van der Waals surface area (Å²) in [7, 11) is 0. The molecule has 0 amide bonds. The van der Waals surface area contributed by atoms with E-state index in [-0.39, 0.29) is 18.5 Å². The lowest BCUT2D eigenvalue weighted by atomic mass is 10.3. The van der Waals surface area contributed by atoms with E-state index in [1.165, 1.54) is 0 Å². The maximum absolute atomic E-state index is 5.64. The third-order valence-corrected chi connectivity index (χ3v) is 1.28. The first-order chi connectivity index (χ1) is 5.20. The molecule has 0 bridgehead atoms. The van der Waals surface area contributed by atoms with Gasteiger partial charge >= 0.3 is 0 Å². The Hall–Kier alpha value is -0.890. The van der Waals surface area contributed by atoms with Crippen molar-refractivity contribution in [3.63, 3.8) is 0 Å². The number of hydrogen-bond acceptors (Lipinski definition) is 2. The Balaban J connectivity index is 0.00000121. The van der Waals surface area contributed by atoms with E-state index in [1.807, 2.05) is 38.1 Å². The molecule has 0 unspecified atom stereocenters. The molecular formula is C9H14ClNO. The molecular weight excluding hydrogens is 174 g/mol. The van der Waals surface area contributed by atoms with Gasteiger partial charge in [-0.3, -0.25) is 0 Å². The molecule has 2 nitrogen and oxygen atoms in total. The van der Waals surface area contributed by atoms with Crippen molar-refractivity contribution < 1.29 is 4.74 Å². The summed E-state index contributed by atoms with van der Waals surface area (Å²) in [6.45, 7) is 3.96. The van der Waals surface area contributed by atoms with Crippen molar-refractivity contribution in [2.45, 2.75) is 20.0 Å². The Morgan fingerprint density at radius 3 is 2.33 bits per heavy atom. The number of para-hydroxylation sites is 2. The van der Waals surface area contributed by atoms with Crippen LogP contribution in [0, 0.1) is 0 Å². The van der Waals surface area contributed by atoms with Gasteiger partial charge in [-0.1, -0.05) is 12.1 Å². The zero-order chi connectivity index (χ0) is 8.27. The molecule has 1 rings (SSSR count). The Kier molecular flexibility index (Phi) is 4.52. The molecule has 0 aliphatic rings. The van der Waals surface area contributed by atoms with Gasteiger partial charge in [0.15, 0.2) is 0 Å². The van der Waals surface area contributed by atoms with Crippen LogP contribution in [0.1, 0.15) is 13.8 Å². The fraction of sp³-hybridized carbons (Fsp3) is 0.333. The fourth-order valence-corrected chi connectivity index (χ4v) is 0.842. The van der Waals surface area contributed by atoms with E-state index in [1.54, 1.807) is 0 Å². The predicted molar refractivity (Wildman–Crippen MR) is 53.9 cm³/mol. The summed E-state index contributed by atoms with van der Waals surface area (Å²) in [5, 5.41) is 0. The Morgan fingerprint density at radius 2 is 1.83 bits per heavy atom. The Bertz CT molecular complexity index is 238. The number of halogens is 1. The molecule has 0 saturated carbocycles. The number of hydrogen-bond donors (Lipinski definition) is 1. The summed E-state index contributed by atoms with van der Waals surface area (Å²) in [5.74, 6) is 0.766. The molecule has 0 heterocycles. The van der Waals surface area contributed by atoms with Crippen LogP contribution >= 0.6 is 12.4 Å². The molecule has 1 aromatic carbocycles. The normalized spacial score (nSPS) is 9.25. The monoisotopic (exact) mass is 187 g/mol. The molecule has 0 spiro atoms. The quantitative estimate of drug-likeness (QED) is 0.722. The number of ether oxygens (including phenoxy) is 1.